The quantitative estimate of drug-likeness (QED) is 0.366. The zero-order chi connectivity index (χ0) is 20.1. The predicted molar refractivity (Wildman–Crippen MR) is 102 cm³/mol. The standard InChI is InChI=1S/C19H18FN5O3/c20-15-2-1-3-16(14(15)11-21)22-8-9-23-19(26)12-4-7-17(24-13-5-6-13)18(10-12)25(27)28/h1-4,7,10,13,22,24H,5-6,8-9H2,(H,23,26). The summed E-state index contributed by atoms with van der Waals surface area (Å²) in [6, 6.07) is 10.6. The second-order valence-electron chi connectivity index (χ2n) is 6.36. The van der Waals surface area contributed by atoms with Crippen molar-refractivity contribution in [1.82, 2.24) is 5.32 Å². The smallest absolute Gasteiger partial charge is 0.293 e. The molecule has 0 atom stereocenters. The molecule has 2 aromatic rings. The van der Waals surface area contributed by atoms with Crippen LogP contribution in [0.25, 0.3) is 0 Å². The molecule has 0 aromatic heterocycles. The number of benzene rings is 2. The largest absolute Gasteiger partial charge is 0.382 e. The first-order valence-corrected chi connectivity index (χ1v) is 8.75. The Morgan fingerprint density at radius 3 is 2.71 bits per heavy atom. The Hall–Kier alpha value is -3.67. The molecule has 0 radical (unpaired) electrons. The summed E-state index contributed by atoms with van der Waals surface area (Å²) >= 11 is 0. The first kappa shape index (κ1) is 19.1. The van der Waals surface area contributed by atoms with Gasteiger partial charge >= 0.3 is 0 Å². The molecule has 3 rings (SSSR count). The summed E-state index contributed by atoms with van der Waals surface area (Å²) in [4.78, 5) is 23.0. The second-order valence-corrected chi connectivity index (χ2v) is 6.36. The van der Waals surface area contributed by atoms with E-state index in [2.05, 4.69) is 16.0 Å². The highest BCUT2D eigenvalue weighted by Gasteiger charge is 2.25. The number of nitriles is 1. The number of amides is 1. The van der Waals surface area contributed by atoms with Gasteiger partial charge in [-0.3, -0.25) is 14.9 Å². The number of nitro benzene ring substituents is 1. The number of carbonyl (C=O) groups is 1. The van der Waals surface area contributed by atoms with E-state index in [1.165, 1.54) is 30.3 Å². The van der Waals surface area contributed by atoms with E-state index in [-0.39, 0.29) is 35.9 Å². The van der Waals surface area contributed by atoms with Crippen LogP contribution in [-0.2, 0) is 0 Å². The van der Waals surface area contributed by atoms with Gasteiger partial charge in [-0.25, -0.2) is 4.39 Å². The van der Waals surface area contributed by atoms with Crippen LogP contribution in [0, 0.1) is 27.3 Å². The number of nitrogens with zero attached hydrogens (tertiary/aromatic N) is 2. The number of hydrogen-bond donors (Lipinski definition) is 3. The van der Waals surface area contributed by atoms with E-state index < -0.39 is 16.6 Å². The Morgan fingerprint density at radius 1 is 1.25 bits per heavy atom. The Morgan fingerprint density at radius 2 is 2.04 bits per heavy atom. The highest BCUT2D eigenvalue weighted by molar-refractivity contribution is 5.95. The molecule has 8 nitrogen and oxygen atoms in total. The van der Waals surface area contributed by atoms with E-state index in [1.54, 1.807) is 12.1 Å². The van der Waals surface area contributed by atoms with E-state index in [0.717, 1.165) is 12.8 Å². The van der Waals surface area contributed by atoms with Crippen molar-refractivity contribution in [3.63, 3.8) is 0 Å². The van der Waals surface area contributed by atoms with Gasteiger partial charge in [0.15, 0.2) is 0 Å². The molecule has 0 aliphatic heterocycles. The molecule has 1 saturated carbocycles. The van der Waals surface area contributed by atoms with Crippen LogP contribution in [0.15, 0.2) is 36.4 Å². The minimum absolute atomic E-state index is 0.0943. The molecule has 1 aliphatic carbocycles. The van der Waals surface area contributed by atoms with Crippen LogP contribution >= 0.6 is 0 Å². The normalized spacial score (nSPS) is 12.7. The first-order valence-electron chi connectivity index (χ1n) is 8.75. The summed E-state index contributed by atoms with van der Waals surface area (Å²) in [6.07, 6.45) is 1.95. The minimum Gasteiger partial charge on any atom is -0.382 e. The number of rotatable bonds is 8. The molecule has 0 saturated heterocycles. The van der Waals surface area contributed by atoms with Gasteiger partial charge in [0.25, 0.3) is 11.6 Å². The Kier molecular flexibility index (Phi) is 5.69. The van der Waals surface area contributed by atoms with E-state index in [9.17, 15) is 19.3 Å². The number of halogens is 1. The Labute approximate surface area is 160 Å². The average molecular weight is 383 g/mol. The van der Waals surface area contributed by atoms with Crippen molar-refractivity contribution in [3.05, 3.63) is 63.5 Å². The van der Waals surface area contributed by atoms with Crippen LogP contribution in [0.1, 0.15) is 28.8 Å². The molecular weight excluding hydrogens is 365 g/mol. The molecule has 1 amide bonds. The Balaban J connectivity index is 1.58. The summed E-state index contributed by atoms with van der Waals surface area (Å²) in [6.45, 7) is 0.448. The summed E-state index contributed by atoms with van der Waals surface area (Å²) in [5.41, 5.74) is 0.680. The molecule has 1 aliphatic rings. The van der Waals surface area contributed by atoms with Gasteiger partial charge in [0.05, 0.1) is 10.6 Å². The molecule has 144 valence electrons. The maximum atomic E-state index is 13.5. The van der Waals surface area contributed by atoms with Crippen LogP contribution in [-0.4, -0.2) is 30.0 Å². The molecule has 0 heterocycles. The maximum Gasteiger partial charge on any atom is 0.293 e. The topological polar surface area (TPSA) is 120 Å². The van der Waals surface area contributed by atoms with Crippen LogP contribution in [0.4, 0.5) is 21.5 Å². The Bertz CT molecular complexity index is 953. The number of anilines is 2. The molecule has 28 heavy (non-hydrogen) atoms. The molecule has 1 fully saturated rings. The molecule has 0 bridgehead atoms. The zero-order valence-corrected chi connectivity index (χ0v) is 14.9. The van der Waals surface area contributed by atoms with Crippen molar-refractivity contribution < 1.29 is 14.1 Å². The third-order valence-electron chi connectivity index (χ3n) is 4.25. The SMILES string of the molecule is N#Cc1c(F)cccc1NCCNC(=O)c1ccc(NC2CC2)c([N+](=O)[O-])c1. The maximum absolute atomic E-state index is 13.5. The third-order valence-corrected chi connectivity index (χ3v) is 4.25. The fourth-order valence-corrected chi connectivity index (χ4v) is 2.65. The average Bonchev–Trinajstić information content (AvgIpc) is 3.49. The monoisotopic (exact) mass is 383 g/mol. The van der Waals surface area contributed by atoms with Crippen molar-refractivity contribution >= 4 is 23.0 Å². The summed E-state index contributed by atoms with van der Waals surface area (Å²) in [5, 5.41) is 28.9. The van der Waals surface area contributed by atoms with Crippen molar-refractivity contribution in [2.45, 2.75) is 18.9 Å². The lowest BCUT2D eigenvalue weighted by Crippen LogP contribution is -2.29. The summed E-state index contributed by atoms with van der Waals surface area (Å²) in [5.74, 6) is -1.08. The fraction of sp³-hybridized carbons (Fsp3) is 0.263. The fourth-order valence-electron chi connectivity index (χ4n) is 2.65. The second kappa shape index (κ2) is 8.35. The van der Waals surface area contributed by atoms with Gasteiger partial charge in [-0.15, -0.1) is 0 Å². The summed E-state index contributed by atoms with van der Waals surface area (Å²) < 4.78 is 13.5. The predicted octanol–water partition coefficient (Wildman–Crippen LogP) is 3.02. The lowest BCUT2D eigenvalue weighted by atomic mass is 10.1. The van der Waals surface area contributed by atoms with E-state index in [0.29, 0.717) is 11.4 Å². The lowest BCUT2D eigenvalue weighted by Gasteiger charge is -2.10. The highest BCUT2D eigenvalue weighted by Crippen LogP contribution is 2.31. The first-order chi connectivity index (χ1) is 13.5. The van der Waals surface area contributed by atoms with Gasteiger partial charge in [0.2, 0.25) is 0 Å². The van der Waals surface area contributed by atoms with Gasteiger partial charge in [-0.05, 0) is 37.1 Å². The van der Waals surface area contributed by atoms with Crippen LogP contribution in [0.2, 0.25) is 0 Å². The third kappa shape index (κ3) is 4.54. The van der Waals surface area contributed by atoms with Crippen LogP contribution < -0.4 is 16.0 Å². The van der Waals surface area contributed by atoms with E-state index >= 15 is 0 Å². The summed E-state index contributed by atoms with van der Waals surface area (Å²) in [7, 11) is 0. The number of carbonyl (C=O) groups excluding carboxylic acids is 1. The van der Waals surface area contributed by atoms with Gasteiger partial charge in [0, 0.05) is 30.8 Å². The van der Waals surface area contributed by atoms with Gasteiger partial charge < -0.3 is 16.0 Å². The molecule has 0 spiro atoms. The van der Waals surface area contributed by atoms with Crippen molar-refractivity contribution in [3.8, 4) is 6.07 Å². The van der Waals surface area contributed by atoms with Gasteiger partial charge in [-0.1, -0.05) is 6.07 Å². The lowest BCUT2D eigenvalue weighted by molar-refractivity contribution is -0.384. The highest BCUT2D eigenvalue weighted by atomic mass is 19.1. The number of nitrogens with one attached hydrogen (secondary N) is 3. The number of nitro groups is 1. The molecule has 3 N–H and O–H groups in total. The van der Waals surface area contributed by atoms with Crippen molar-refractivity contribution in [2.24, 2.45) is 0 Å². The molecule has 2 aromatic carbocycles. The zero-order valence-electron chi connectivity index (χ0n) is 14.9. The molecule has 0 unspecified atom stereocenters. The van der Waals surface area contributed by atoms with Crippen LogP contribution in [0.5, 0.6) is 0 Å². The molecule has 9 heteroatoms. The van der Waals surface area contributed by atoms with Crippen molar-refractivity contribution in [1.29, 1.82) is 5.26 Å². The van der Waals surface area contributed by atoms with E-state index in [4.69, 9.17) is 5.26 Å². The van der Waals surface area contributed by atoms with Gasteiger partial charge in [-0.2, -0.15) is 5.26 Å². The van der Waals surface area contributed by atoms with E-state index in [1.807, 2.05) is 0 Å². The van der Waals surface area contributed by atoms with Crippen LogP contribution in [0.3, 0.4) is 0 Å². The number of hydrogen-bond acceptors (Lipinski definition) is 6. The molecular formula is C19H18FN5O3. The van der Waals surface area contributed by atoms with Gasteiger partial charge in [0.1, 0.15) is 23.1 Å². The minimum atomic E-state index is -0.622. The van der Waals surface area contributed by atoms with Crippen molar-refractivity contribution in [2.75, 3.05) is 23.7 Å².